The number of nitrogens with zero attached hydrogens (tertiary/aromatic N) is 2. The van der Waals surface area contributed by atoms with Crippen LogP contribution in [0.4, 0.5) is 0 Å². The summed E-state index contributed by atoms with van der Waals surface area (Å²) in [5.41, 5.74) is 0. The average molecular weight is 158 g/mol. The molecule has 0 spiro atoms. The van der Waals surface area contributed by atoms with E-state index >= 15 is 0 Å². The van der Waals surface area contributed by atoms with Crippen molar-refractivity contribution in [1.82, 2.24) is 9.78 Å². The lowest BCUT2D eigenvalue weighted by Crippen LogP contribution is -1.99. The molecule has 0 aliphatic heterocycles. The van der Waals surface area contributed by atoms with Crippen molar-refractivity contribution in [1.29, 1.82) is 0 Å². The Morgan fingerprint density at radius 3 is 3.10 bits per heavy atom. The highest BCUT2D eigenvalue weighted by Crippen LogP contribution is 2.04. The predicted octanol–water partition coefficient (Wildman–Crippen LogP) is 0.952. The lowest BCUT2D eigenvalue weighted by Gasteiger charge is -1.95. The molecule has 0 saturated carbocycles. The summed E-state index contributed by atoms with van der Waals surface area (Å²) in [6.45, 7) is 0.863. The predicted molar refractivity (Wildman–Crippen MR) is 42.3 cm³/mol. The third-order valence-electron chi connectivity index (χ3n) is 1.14. The minimum absolute atomic E-state index is 0.237. The van der Waals surface area contributed by atoms with Crippen LogP contribution in [0.3, 0.4) is 0 Å². The highest BCUT2D eigenvalue weighted by Gasteiger charge is 1.92. The van der Waals surface area contributed by atoms with Gasteiger partial charge in [-0.25, -0.2) is 0 Å². The maximum Gasteiger partial charge on any atom is 0.153 e. The fourth-order valence-electron chi connectivity index (χ4n) is 0.660. The van der Waals surface area contributed by atoms with Crippen molar-refractivity contribution in [2.75, 3.05) is 12.0 Å². The molecule has 0 amide bonds. The van der Waals surface area contributed by atoms with Crippen LogP contribution in [0.1, 0.15) is 0 Å². The smallest absolute Gasteiger partial charge is 0.153 e. The molecule has 0 bridgehead atoms. The summed E-state index contributed by atoms with van der Waals surface area (Å²) in [5.74, 6) is 1.27. The van der Waals surface area contributed by atoms with Crippen molar-refractivity contribution in [2.24, 2.45) is 0 Å². The van der Waals surface area contributed by atoms with Gasteiger partial charge in [-0.3, -0.25) is 4.68 Å². The molecule has 1 aromatic rings. The number of aromatic nitrogens is 2. The van der Waals surface area contributed by atoms with Gasteiger partial charge in [-0.1, -0.05) is 0 Å². The number of aryl methyl sites for hydroxylation is 1. The molecule has 1 N–H and O–H groups in total. The molecule has 0 saturated heterocycles. The van der Waals surface area contributed by atoms with E-state index in [4.69, 9.17) is 5.11 Å². The molecule has 1 rings (SSSR count). The summed E-state index contributed by atoms with van der Waals surface area (Å²) in [6.07, 6.45) is 5.11. The standard InChI is InChI=1S/C6H10N2OS/c1-10-3-2-8-5-6(9)4-7-8/h4-5,9H,2-3H2,1H3. The summed E-state index contributed by atoms with van der Waals surface area (Å²) < 4.78 is 1.73. The van der Waals surface area contributed by atoms with Gasteiger partial charge < -0.3 is 5.11 Å². The second-order valence-electron chi connectivity index (χ2n) is 1.95. The Morgan fingerprint density at radius 1 is 1.80 bits per heavy atom. The fraction of sp³-hybridized carbons (Fsp3) is 0.500. The van der Waals surface area contributed by atoms with E-state index in [0.717, 1.165) is 12.3 Å². The molecule has 0 aliphatic rings. The van der Waals surface area contributed by atoms with E-state index in [2.05, 4.69) is 5.10 Å². The quantitative estimate of drug-likeness (QED) is 0.711. The third-order valence-corrected chi connectivity index (χ3v) is 1.73. The van der Waals surface area contributed by atoms with Crippen LogP contribution >= 0.6 is 11.8 Å². The zero-order valence-corrected chi connectivity index (χ0v) is 6.64. The van der Waals surface area contributed by atoms with Gasteiger partial charge in [0.25, 0.3) is 0 Å². The number of thioether (sulfide) groups is 1. The molecule has 3 nitrogen and oxygen atoms in total. The molecule has 56 valence electrons. The maximum absolute atomic E-state index is 8.86. The second-order valence-corrected chi connectivity index (χ2v) is 2.94. The van der Waals surface area contributed by atoms with Gasteiger partial charge in [0, 0.05) is 5.75 Å². The van der Waals surface area contributed by atoms with Crippen LogP contribution in [0.5, 0.6) is 5.75 Å². The van der Waals surface area contributed by atoms with Crippen LogP contribution in [-0.2, 0) is 6.54 Å². The van der Waals surface area contributed by atoms with Gasteiger partial charge in [-0.05, 0) is 6.26 Å². The van der Waals surface area contributed by atoms with E-state index in [1.165, 1.54) is 6.20 Å². The van der Waals surface area contributed by atoms with Gasteiger partial charge in [0.1, 0.15) is 0 Å². The maximum atomic E-state index is 8.86. The molecule has 0 atom stereocenters. The minimum atomic E-state index is 0.237. The molecule has 0 fully saturated rings. The van der Waals surface area contributed by atoms with Crippen LogP contribution in [0.15, 0.2) is 12.4 Å². The average Bonchev–Trinajstić information content (AvgIpc) is 2.31. The lowest BCUT2D eigenvalue weighted by atomic mass is 10.6. The first-order chi connectivity index (χ1) is 4.83. The van der Waals surface area contributed by atoms with Gasteiger partial charge in [0.05, 0.1) is 18.9 Å². The monoisotopic (exact) mass is 158 g/mol. The molecule has 0 unspecified atom stereocenters. The van der Waals surface area contributed by atoms with Crippen molar-refractivity contribution in [2.45, 2.75) is 6.54 Å². The zero-order chi connectivity index (χ0) is 7.40. The van der Waals surface area contributed by atoms with Gasteiger partial charge >= 0.3 is 0 Å². The summed E-state index contributed by atoms with van der Waals surface area (Å²) in [5, 5.41) is 12.8. The van der Waals surface area contributed by atoms with Crippen molar-refractivity contribution < 1.29 is 5.11 Å². The molecular formula is C6H10N2OS. The van der Waals surface area contributed by atoms with E-state index in [-0.39, 0.29) is 5.75 Å². The highest BCUT2D eigenvalue weighted by atomic mass is 32.2. The molecule has 0 aliphatic carbocycles. The van der Waals surface area contributed by atoms with Crippen LogP contribution in [0, 0.1) is 0 Å². The van der Waals surface area contributed by atoms with Gasteiger partial charge in [-0.15, -0.1) is 0 Å². The van der Waals surface area contributed by atoms with E-state index < -0.39 is 0 Å². The molecule has 0 aromatic carbocycles. The number of hydrogen-bond acceptors (Lipinski definition) is 3. The van der Waals surface area contributed by atoms with Gasteiger partial charge in [-0.2, -0.15) is 16.9 Å². The molecule has 1 heterocycles. The van der Waals surface area contributed by atoms with E-state index in [0.29, 0.717) is 0 Å². The topological polar surface area (TPSA) is 38.0 Å². The SMILES string of the molecule is CSCCn1cc(O)cn1. The summed E-state index contributed by atoms with van der Waals surface area (Å²) in [6, 6.07) is 0. The summed E-state index contributed by atoms with van der Waals surface area (Å²) in [4.78, 5) is 0. The first kappa shape index (κ1) is 7.47. The number of hydrogen-bond donors (Lipinski definition) is 1. The summed E-state index contributed by atoms with van der Waals surface area (Å²) >= 11 is 1.76. The Kier molecular flexibility index (Phi) is 2.62. The van der Waals surface area contributed by atoms with Gasteiger partial charge in [0.2, 0.25) is 0 Å². The summed E-state index contributed by atoms with van der Waals surface area (Å²) in [7, 11) is 0. The molecule has 1 aromatic heterocycles. The van der Waals surface area contributed by atoms with Crippen molar-refractivity contribution in [3.8, 4) is 5.75 Å². The van der Waals surface area contributed by atoms with E-state index in [9.17, 15) is 0 Å². The fourth-order valence-corrected chi connectivity index (χ4v) is 1.03. The van der Waals surface area contributed by atoms with Crippen molar-refractivity contribution in [3.05, 3.63) is 12.4 Å². The van der Waals surface area contributed by atoms with Crippen LogP contribution in [0.2, 0.25) is 0 Å². The van der Waals surface area contributed by atoms with Crippen LogP contribution in [0.25, 0.3) is 0 Å². The number of aromatic hydroxyl groups is 1. The second kappa shape index (κ2) is 3.51. The third kappa shape index (κ3) is 1.95. The molecule has 0 radical (unpaired) electrons. The molecule has 4 heteroatoms. The number of rotatable bonds is 3. The Labute approximate surface area is 64.1 Å². The van der Waals surface area contributed by atoms with Gasteiger partial charge in [0.15, 0.2) is 5.75 Å². The normalized spacial score (nSPS) is 10.1. The van der Waals surface area contributed by atoms with Crippen molar-refractivity contribution >= 4 is 11.8 Å². The van der Waals surface area contributed by atoms with E-state index in [1.807, 2.05) is 6.26 Å². The van der Waals surface area contributed by atoms with E-state index in [1.54, 1.807) is 22.6 Å². The lowest BCUT2D eigenvalue weighted by molar-refractivity contribution is 0.474. The Hall–Kier alpha value is -0.640. The highest BCUT2D eigenvalue weighted by molar-refractivity contribution is 7.98. The Bertz CT molecular complexity index is 199. The molecule has 10 heavy (non-hydrogen) atoms. The van der Waals surface area contributed by atoms with Crippen LogP contribution in [-0.4, -0.2) is 26.9 Å². The Balaban J connectivity index is 2.42. The molecular weight excluding hydrogens is 148 g/mol. The Morgan fingerprint density at radius 2 is 2.60 bits per heavy atom. The first-order valence-corrected chi connectivity index (χ1v) is 4.42. The minimum Gasteiger partial charge on any atom is -0.505 e. The van der Waals surface area contributed by atoms with Crippen LogP contribution < -0.4 is 0 Å². The van der Waals surface area contributed by atoms with Crippen molar-refractivity contribution in [3.63, 3.8) is 0 Å². The largest absolute Gasteiger partial charge is 0.505 e. The zero-order valence-electron chi connectivity index (χ0n) is 5.82. The first-order valence-electron chi connectivity index (χ1n) is 3.03.